The number of aromatic nitrogens is 1. The molecule has 4 nitrogen and oxygen atoms in total. The van der Waals surface area contributed by atoms with Gasteiger partial charge in [0, 0.05) is 10.9 Å². The van der Waals surface area contributed by atoms with Crippen molar-refractivity contribution in [2.75, 3.05) is 5.32 Å². The molecule has 0 fully saturated rings. The lowest BCUT2D eigenvalue weighted by molar-refractivity contribution is -0.117. The average Bonchev–Trinajstić information content (AvgIpc) is 2.81. The molecule has 0 saturated carbocycles. The summed E-state index contributed by atoms with van der Waals surface area (Å²) in [6.45, 7) is 5.80. The molecule has 1 atom stereocenters. The summed E-state index contributed by atoms with van der Waals surface area (Å²) in [5.41, 5.74) is 9.91. The Kier molecular flexibility index (Phi) is 3.97. The molecule has 3 N–H and O–H groups in total. The zero-order valence-corrected chi connectivity index (χ0v) is 12.0. The molecule has 0 aliphatic heterocycles. The van der Waals surface area contributed by atoms with Crippen molar-refractivity contribution in [3.63, 3.8) is 0 Å². The number of amides is 1. The third-order valence-electron chi connectivity index (χ3n) is 2.95. The van der Waals surface area contributed by atoms with E-state index in [1.165, 1.54) is 22.5 Å². The Morgan fingerprint density at radius 2 is 2.11 bits per heavy atom. The highest BCUT2D eigenvalue weighted by Gasteiger charge is 2.11. The van der Waals surface area contributed by atoms with Gasteiger partial charge in [-0.3, -0.25) is 4.79 Å². The molecule has 0 aliphatic rings. The number of thiazole rings is 1. The lowest BCUT2D eigenvalue weighted by Gasteiger charge is -2.04. The van der Waals surface area contributed by atoms with Crippen LogP contribution in [-0.2, 0) is 4.79 Å². The van der Waals surface area contributed by atoms with Crippen LogP contribution in [0.5, 0.6) is 0 Å². The molecule has 1 aromatic carbocycles. The van der Waals surface area contributed by atoms with E-state index in [2.05, 4.69) is 36.3 Å². The summed E-state index contributed by atoms with van der Waals surface area (Å²) in [4.78, 5) is 15.9. The van der Waals surface area contributed by atoms with Gasteiger partial charge in [0.25, 0.3) is 0 Å². The molecule has 2 aromatic rings. The molecule has 19 heavy (non-hydrogen) atoms. The van der Waals surface area contributed by atoms with E-state index in [0.29, 0.717) is 5.13 Å². The minimum atomic E-state index is -0.533. The number of nitrogens with two attached hydrogens (primary N) is 1. The van der Waals surface area contributed by atoms with Crippen molar-refractivity contribution in [1.82, 2.24) is 4.98 Å². The SMILES string of the molecule is Cc1ccc(-c2csc(NC(=O)C(C)N)n2)cc1C. The van der Waals surface area contributed by atoms with Crippen LogP contribution in [0, 0.1) is 13.8 Å². The molecule has 0 aliphatic carbocycles. The predicted octanol–water partition coefficient (Wildman–Crippen LogP) is 2.71. The van der Waals surface area contributed by atoms with Crippen LogP contribution in [0.1, 0.15) is 18.1 Å². The summed E-state index contributed by atoms with van der Waals surface area (Å²) in [5.74, 6) is -0.221. The Morgan fingerprint density at radius 1 is 1.37 bits per heavy atom. The number of carbonyl (C=O) groups is 1. The highest BCUT2D eigenvalue weighted by atomic mass is 32.1. The van der Waals surface area contributed by atoms with Crippen molar-refractivity contribution >= 4 is 22.4 Å². The Hall–Kier alpha value is -1.72. The van der Waals surface area contributed by atoms with Gasteiger partial charge in [-0.2, -0.15) is 0 Å². The van der Waals surface area contributed by atoms with E-state index in [-0.39, 0.29) is 5.91 Å². The number of nitrogens with one attached hydrogen (secondary N) is 1. The molecule has 0 bridgehead atoms. The van der Waals surface area contributed by atoms with E-state index >= 15 is 0 Å². The molecule has 5 heteroatoms. The second kappa shape index (κ2) is 5.50. The summed E-state index contributed by atoms with van der Waals surface area (Å²) >= 11 is 1.40. The van der Waals surface area contributed by atoms with Gasteiger partial charge in [-0.05, 0) is 38.0 Å². The van der Waals surface area contributed by atoms with E-state index < -0.39 is 6.04 Å². The molecule has 2 rings (SSSR count). The maximum atomic E-state index is 11.5. The third kappa shape index (κ3) is 3.19. The highest BCUT2D eigenvalue weighted by molar-refractivity contribution is 7.14. The Bertz CT molecular complexity index is 604. The van der Waals surface area contributed by atoms with Crippen molar-refractivity contribution in [1.29, 1.82) is 0 Å². The molecule has 1 amide bonds. The van der Waals surface area contributed by atoms with Crippen LogP contribution in [0.4, 0.5) is 5.13 Å². The Balaban J connectivity index is 2.21. The smallest absolute Gasteiger partial charge is 0.242 e. The third-order valence-corrected chi connectivity index (χ3v) is 3.71. The number of rotatable bonds is 3. The van der Waals surface area contributed by atoms with Gasteiger partial charge < -0.3 is 11.1 Å². The zero-order chi connectivity index (χ0) is 14.0. The molecule has 0 spiro atoms. The zero-order valence-electron chi connectivity index (χ0n) is 11.2. The van der Waals surface area contributed by atoms with Crippen LogP contribution in [0.25, 0.3) is 11.3 Å². The van der Waals surface area contributed by atoms with Crippen molar-refractivity contribution in [2.24, 2.45) is 5.73 Å². The van der Waals surface area contributed by atoms with Gasteiger partial charge in [-0.25, -0.2) is 4.98 Å². The van der Waals surface area contributed by atoms with Gasteiger partial charge >= 0.3 is 0 Å². The molecule has 1 heterocycles. The van der Waals surface area contributed by atoms with Crippen molar-refractivity contribution in [3.8, 4) is 11.3 Å². The monoisotopic (exact) mass is 275 g/mol. The minimum absolute atomic E-state index is 0.221. The van der Waals surface area contributed by atoms with Crippen molar-refractivity contribution in [2.45, 2.75) is 26.8 Å². The average molecular weight is 275 g/mol. The van der Waals surface area contributed by atoms with Gasteiger partial charge in [0.15, 0.2) is 5.13 Å². The number of aryl methyl sites for hydroxylation is 2. The summed E-state index contributed by atoms with van der Waals surface area (Å²) in [6.07, 6.45) is 0. The van der Waals surface area contributed by atoms with Gasteiger partial charge in [-0.1, -0.05) is 12.1 Å². The van der Waals surface area contributed by atoms with Crippen molar-refractivity contribution < 1.29 is 4.79 Å². The van der Waals surface area contributed by atoms with E-state index in [1.54, 1.807) is 6.92 Å². The topological polar surface area (TPSA) is 68.0 Å². The molecule has 100 valence electrons. The quantitative estimate of drug-likeness (QED) is 0.905. The number of anilines is 1. The second-order valence-corrected chi connectivity index (χ2v) is 5.47. The fourth-order valence-electron chi connectivity index (χ4n) is 1.58. The highest BCUT2D eigenvalue weighted by Crippen LogP contribution is 2.26. The minimum Gasteiger partial charge on any atom is -0.320 e. The molecular formula is C14H17N3OS. The van der Waals surface area contributed by atoms with E-state index in [9.17, 15) is 4.79 Å². The van der Waals surface area contributed by atoms with Crippen LogP contribution in [-0.4, -0.2) is 16.9 Å². The fourth-order valence-corrected chi connectivity index (χ4v) is 2.31. The van der Waals surface area contributed by atoms with Crippen molar-refractivity contribution in [3.05, 3.63) is 34.7 Å². The molecule has 0 saturated heterocycles. The van der Waals surface area contributed by atoms with E-state index in [4.69, 9.17) is 5.73 Å². The Labute approximate surface area is 116 Å². The molecule has 1 aromatic heterocycles. The van der Waals surface area contributed by atoms with Crippen LogP contribution < -0.4 is 11.1 Å². The van der Waals surface area contributed by atoms with Crippen LogP contribution in [0.2, 0.25) is 0 Å². The summed E-state index contributed by atoms with van der Waals surface area (Å²) < 4.78 is 0. The normalized spacial score (nSPS) is 12.2. The summed E-state index contributed by atoms with van der Waals surface area (Å²) in [6, 6.07) is 5.68. The largest absolute Gasteiger partial charge is 0.320 e. The van der Waals surface area contributed by atoms with Gasteiger partial charge in [-0.15, -0.1) is 11.3 Å². The number of hydrogen-bond donors (Lipinski definition) is 2. The first-order valence-electron chi connectivity index (χ1n) is 6.07. The van der Waals surface area contributed by atoms with Gasteiger partial charge in [0.2, 0.25) is 5.91 Å². The Morgan fingerprint density at radius 3 is 2.74 bits per heavy atom. The first-order valence-corrected chi connectivity index (χ1v) is 6.95. The number of nitrogens with zero attached hydrogens (tertiary/aromatic N) is 1. The maximum Gasteiger partial charge on any atom is 0.242 e. The first kappa shape index (κ1) is 13.7. The second-order valence-electron chi connectivity index (χ2n) is 4.61. The van der Waals surface area contributed by atoms with E-state index in [0.717, 1.165) is 11.3 Å². The number of carbonyl (C=O) groups excluding carboxylic acids is 1. The number of hydrogen-bond acceptors (Lipinski definition) is 4. The lowest BCUT2D eigenvalue weighted by atomic mass is 10.1. The van der Waals surface area contributed by atoms with Gasteiger partial charge in [0.1, 0.15) is 0 Å². The fraction of sp³-hybridized carbons (Fsp3) is 0.286. The molecular weight excluding hydrogens is 258 g/mol. The predicted molar refractivity (Wildman–Crippen MR) is 79.3 cm³/mol. The first-order chi connectivity index (χ1) is 8.97. The van der Waals surface area contributed by atoms with Crippen LogP contribution >= 0.6 is 11.3 Å². The maximum absolute atomic E-state index is 11.5. The van der Waals surface area contributed by atoms with Crippen LogP contribution in [0.3, 0.4) is 0 Å². The summed E-state index contributed by atoms with van der Waals surface area (Å²) in [7, 11) is 0. The lowest BCUT2D eigenvalue weighted by Crippen LogP contribution is -2.32. The standard InChI is InChI=1S/C14H17N3OS/c1-8-4-5-11(6-9(8)2)12-7-19-14(16-12)17-13(18)10(3)15/h4-7,10H,15H2,1-3H3,(H,16,17,18). The molecule has 1 unspecified atom stereocenters. The number of benzene rings is 1. The van der Waals surface area contributed by atoms with Gasteiger partial charge in [0.05, 0.1) is 11.7 Å². The van der Waals surface area contributed by atoms with E-state index in [1.807, 2.05) is 11.4 Å². The summed E-state index contributed by atoms with van der Waals surface area (Å²) in [5, 5.41) is 5.21. The van der Waals surface area contributed by atoms with Crippen LogP contribution in [0.15, 0.2) is 23.6 Å². The molecule has 0 radical (unpaired) electrons.